The fraction of sp³-hybridized carbons (Fsp3) is 0.391. The number of rotatable bonds is 7. The molecule has 30 heavy (non-hydrogen) atoms. The first-order valence-corrected chi connectivity index (χ1v) is 11.4. The van der Waals surface area contributed by atoms with E-state index >= 15 is 0 Å². The van der Waals surface area contributed by atoms with Crippen LogP contribution in [-0.2, 0) is 11.3 Å². The number of hydrogen-bond acceptors (Lipinski definition) is 5. The number of benzene rings is 2. The normalized spacial score (nSPS) is 14.5. The summed E-state index contributed by atoms with van der Waals surface area (Å²) in [7, 11) is 3.58. The summed E-state index contributed by atoms with van der Waals surface area (Å²) in [4.78, 5) is 30.4. The number of ether oxygens (including phenoxy) is 1. The highest BCUT2D eigenvalue weighted by molar-refractivity contribution is 7.98. The Bertz CT molecular complexity index is 890. The van der Waals surface area contributed by atoms with Gasteiger partial charge in [0.15, 0.2) is 0 Å². The average Bonchev–Trinajstić information content (AvgIpc) is 2.95. The number of methoxy groups -OCH3 is 1. The van der Waals surface area contributed by atoms with Crippen molar-refractivity contribution in [1.29, 1.82) is 0 Å². The van der Waals surface area contributed by atoms with Gasteiger partial charge in [-0.2, -0.15) is 11.8 Å². The molecule has 160 valence electrons. The fourth-order valence-corrected chi connectivity index (χ4v) is 4.13. The highest BCUT2D eigenvalue weighted by atomic mass is 32.2. The number of para-hydroxylation sites is 2. The number of fused-ring (bicyclic) bond motifs is 1. The molecule has 6 nitrogen and oxygen atoms in total. The van der Waals surface area contributed by atoms with E-state index in [4.69, 9.17) is 4.74 Å². The second-order valence-corrected chi connectivity index (χ2v) is 8.30. The number of thioether (sulfide) groups is 1. The van der Waals surface area contributed by atoms with E-state index in [9.17, 15) is 9.59 Å². The Balaban J connectivity index is 1.79. The molecule has 0 aliphatic carbocycles. The van der Waals surface area contributed by atoms with Crippen molar-refractivity contribution < 1.29 is 14.3 Å². The van der Waals surface area contributed by atoms with E-state index in [2.05, 4.69) is 22.3 Å². The lowest BCUT2D eigenvalue weighted by molar-refractivity contribution is -0.133. The number of nitrogens with one attached hydrogen (secondary N) is 1. The Kier molecular flexibility index (Phi) is 7.63. The van der Waals surface area contributed by atoms with Crippen LogP contribution in [0.1, 0.15) is 22.3 Å². The van der Waals surface area contributed by atoms with Crippen LogP contribution >= 0.6 is 11.8 Å². The van der Waals surface area contributed by atoms with Crippen molar-refractivity contribution in [3.8, 4) is 5.75 Å². The summed E-state index contributed by atoms with van der Waals surface area (Å²) in [6.07, 6.45) is 2.58. The van der Waals surface area contributed by atoms with Crippen molar-refractivity contribution in [3.05, 3.63) is 59.7 Å². The molecule has 2 aromatic carbocycles. The van der Waals surface area contributed by atoms with Crippen LogP contribution in [0.4, 0.5) is 5.69 Å². The maximum Gasteiger partial charge on any atom is 0.255 e. The average molecular weight is 428 g/mol. The minimum Gasteiger partial charge on any atom is -0.496 e. The first-order valence-electron chi connectivity index (χ1n) is 10.1. The maximum absolute atomic E-state index is 13.4. The van der Waals surface area contributed by atoms with Gasteiger partial charge in [-0.1, -0.05) is 30.3 Å². The van der Waals surface area contributed by atoms with Crippen LogP contribution in [0.15, 0.2) is 48.5 Å². The van der Waals surface area contributed by atoms with E-state index in [1.807, 2.05) is 36.4 Å². The molecule has 1 heterocycles. The fourth-order valence-electron chi connectivity index (χ4n) is 3.66. The molecule has 1 aliphatic heterocycles. The lowest BCUT2D eigenvalue weighted by Crippen LogP contribution is -2.49. The maximum atomic E-state index is 13.4. The van der Waals surface area contributed by atoms with Gasteiger partial charge in [0.1, 0.15) is 11.8 Å². The molecule has 0 saturated heterocycles. The van der Waals surface area contributed by atoms with Crippen molar-refractivity contribution in [3.63, 3.8) is 0 Å². The molecule has 0 bridgehead atoms. The lowest BCUT2D eigenvalue weighted by atomic mass is 10.1. The van der Waals surface area contributed by atoms with Gasteiger partial charge in [-0.15, -0.1) is 0 Å². The molecular weight excluding hydrogens is 398 g/mol. The Morgan fingerprint density at radius 2 is 1.87 bits per heavy atom. The summed E-state index contributed by atoms with van der Waals surface area (Å²) < 4.78 is 5.31. The summed E-state index contributed by atoms with van der Waals surface area (Å²) in [5.41, 5.74) is 2.69. The standard InChI is InChI=1S/C23H29N3O3S/c1-25-13-14-26(16-17-8-4-6-10-20(17)25)23(28)19(12-15-30-3)24-22(27)18-9-5-7-11-21(18)29-2/h4-11,19H,12-16H2,1-3H3,(H,24,27). The van der Waals surface area contributed by atoms with Gasteiger partial charge in [-0.05, 0) is 42.2 Å². The van der Waals surface area contributed by atoms with Crippen molar-refractivity contribution in [1.82, 2.24) is 10.2 Å². The number of hydrogen-bond donors (Lipinski definition) is 1. The van der Waals surface area contributed by atoms with E-state index in [0.29, 0.717) is 30.8 Å². The molecule has 0 fully saturated rings. The molecular formula is C23H29N3O3S. The predicted octanol–water partition coefficient (Wildman–Crippen LogP) is 3.03. The Labute approximate surface area is 182 Å². The SMILES string of the molecule is COc1ccccc1C(=O)NC(CCSC)C(=O)N1CCN(C)c2ccccc2C1. The van der Waals surface area contributed by atoms with E-state index in [1.165, 1.54) is 7.11 Å². The number of nitrogens with zero attached hydrogens (tertiary/aromatic N) is 2. The van der Waals surface area contributed by atoms with Crippen molar-refractivity contribution >= 4 is 29.3 Å². The molecule has 1 unspecified atom stereocenters. The van der Waals surface area contributed by atoms with Crippen molar-refractivity contribution in [2.24, 2.45) is 0 Å². The van der Waals surface area contributed by atoms with Gasteiger partial charge in [-0.25, -0.2) is 0 Å². The van der Waals surface area contributed by atoms with Crippen molar-refractivity contribution in [2.45, 2.75) is 19.0 Å². The molecule has 2 amide bonds. The smallest absolute Gasteiger partial charge is 0.255 e. The monoisotopic (exact) mass is 427 g/mol. The van der Waals surface area contributed by atoms with Crippen LogP contribution < -0.4 is 15.0 Å². The number of likely N-dealkylation sites (N-methyl/N-ethyl adjacent to an activating group) is 1. The summed E-state index contributed by atoms with van der Waals surface area (Å²) in [6, 6.07) is 14.6. The predicted molar refractivity (Wildman–Crippen MR) is 122 cm³/mol. The summed E-state index contributed by atoms with van der Waals surface area (Å²) in [5.74, 6) is 0.945. The van der Waals surface area contributed by atoms with Gasteiger partial charge in [0, 0.05) is 32.4 Å². The van der Waals surface area contributed by atoms with Gasteiger partial charge in [0.2, 0.25) is 5.91 Å². The Morgan fingerprint density at radius 3 is 2.63 bits per heavy atom. The molecule has 0 spiro atoms. The lowest BCUT2D eigenvalue weighted by Gasteiger charge is -2.27. The van der Waals surface area contributed by atoms with Gasteiger partial charge in [0.25, 0.3) is 5.91 Å². The zero-order valence-corrected chi connectivity index (χ0v) is 18.6. The summed E-state index contributed by atoms with van der Waals surface area (Å²) >= 11 is 1.66. The van der Waals surface area contributed by atoms with Crippen molar-refractivity contribution in [2.75, 3.05) is 44.2 Å². The Morgan fingerprint density at radius 1 is 1.13 bits per heavy atom. The highest BCUT2D eigenvalue weighted by Gasteiger charge is 2.29. The van der Waals surface area contributed by atoms with Gasteiger partial charge in [0.05, 0.1) is 12.7 Å². The highest BCUT2D eigenvalue weighted by Crippen LogP contribution is 2.24. The van der Waals surface area contributed by atoms with Gasteiger partial charge < -0.3 is 19.9 Å². The summed E-state index contributed by atoms with van der Waals surface area (Å²) in [6.45, 7) is 1.91. The van der Waals surface area contributed by atoms with Crippen LogP contribution in [0.25, 0.3) is 0 Å². The Hall–Kier alpha value is -2.67. The van der Waals surface area contributed by atoms with Crippen LogP contribution in [0, 0.1) is 0 Å². The molecule has 0 radical (unpaired) electrons. The van der Waals surface area contributed by atoms with Crippen LogP contribution in [0.2, 0.25) is 0 Å². The minimum absolute atomic E-state index is 0.0441. The molecule has 7 heteroatoms. The van der Waals surface area contributed by atoms with Crippen LogP contribution in [-0.4, -0.2) is 62.0 Å². The second-order valence-electron chi connectivity index (χ2n) is 7.32. The second kappa shape index (κ2) is 10.4. The molecule has 0 aromatic heterocycles. The number of anilines is 1. The van der Waals surface area contributed by atoms with E-state index < -0.39 is 6.04 Å². The topological polar surface area (TPSA) is 61.9 Å². The first-order chi connectivity index (χ1) is 14.5. The van der Waals surface area contributed by atoms with Gasteiger partial charge in [-0.3, -0.25) is 9.59 Å². The molecule has 3 rings (SSSR count). The molecule has 0 saturated carbocycles. The third-order valence-corrected chi connectivity index (χ3v) is 5.99. The third-order valence-electron chi connectivity index (χ3n) is 5.35. The molecule has 2 aromatic rings. The summed E-state index contributed by atoms with van der Waals surface area (Å²) in [5, 5.41) is 2.96. The number of carbonyl (C=O) groups is 2. The number of carbonyl (C=O) groups excluding carboxylic acids is 2. The zero-order valence-electron chi connectivity index (χ0n) is 17.8. The quantitative estimate of drug-likeness (QED) is 0.736. The van der Waals surface area contributed by atoms with E-state index in [1.54, 1.807) is 30.0 Å². The van der Waals surface area contributed by atoms with E-state index in [-0.39, 0.29) is 11.8 Å². The largest absolute Gasteiger partial charge is 0.496 e. The zero-order chi connectivity index (χ0) is 21.5. The van der Waals surface area contributed by atoms with Crippen LogP contribution in [0.5, 0.6) is 5.75 Å². The molecule has 1 aliphatic rings. The number of amides is 2. The minimum atomic E-state index is -0.578. The molecule has 1 atom stereocenters. The van der Waals surface area contributed by atoms with Gasteiger partial charge >= 0.3 is 0 Å². The first kappa shape index (κ1) is 22.0. The van der Waals surface area contributed by atoms with E-state index in [0.717, 1.165) is 23.5 Å². The molecule has 1 N–H and O–H groups in total. The van der Waals surface area contributed by atoms with Crippen LogP contribution in [0.3, 0.4) is 0 Å². The third kappa shape index (κ3) is 5.08.